The Morgan fingerprint density at radius 1 is 1.37 bits per heavy atom. The maximum Gasteiger partial charge on any atom is 0.255 e. The molecule has 1 aromatic rings. The van der Waals surface area contributed by atoms with E-state index < -0.39 is 15.9 Å². The predicted octanol–water partition coefficient (Wildman–Crippen LogP) is 0.628. The number of carbonyl (C=O) groups excluding carboxylic acids is 1. The van der Waals surface area contributed by atoms with Gasteiger partial charge >= 0.3 is 0 Å². The monoisotopic (exact) mass is 286 g/mol. The quantitative estimate of drug-likeness (QED) is 0.768. The minimum absolute atomic E-state index is 0.129. The average molecular weight is 286 g/mol. The Morgan fingerprint density at radius 3 is 2.42 bits per heavy atom. The number of ether oxygens (including phenoxy) is 1. The predicted molar refractivity (Wildman–Crippen MR) is 71.2 cm³/mol. The number of nitrogens with two attached hydrogens (primary N) is 1. The van der Waals surface area contributed by atoms with Crippen LogP contribution >= 0.6 is 0 Å². The van der Waals surface area contributed by atoms with Gasteiger partial charge < -0.3 is 10.5 Å². The van der Waals surface area contributed by atoms with Gasteiger partial charge in [0.1, 0.15) is 5.75 Å². The van der Waals surface area contributed by atoms with E-state index in [9.17, 15) is 13.2 Å². The number of rotatable bonds is 7. The average Bonchev–Trinajstić information content (AvgIpc) is 2.36. The molecule has 7 heteroatoms. The zero-order chi connectivity index (χ0) is 14.5. The van der Waals surface area contributed by atoms with Crippen LogP contribution in [0.2, 0.25) is 0 Å². The maximum absolute atomic E-state index is 12.0. The van der Waals surface area contributed by atoms with Gasteiger partial charge in [-0.25, -0.2) is 13.1 Å². The SMILES string of the molecule is CC[C@@H](C)NS(=O)(=O)c1ccc(OCC(N)=O)cc1. The molecule has 0 spiro atoms. The van der Waals surface area contributed by atoms with Crippen LogP contribution in [0.4, 0.5) is 0 Å². The van der Waals surface area contributed by atoms with E-state index in [4.69, 9.17) is 10.5 Å². The minimum Gasteiger partial charge on any atom is -0.484 e. The summed E-state index contributed by atoms with van der Waals surface area (Å²) in [6.07, 6.45) is 0.707. The lowest BCUT2D eigenvalue weighted by molar-refractivity contribution is -0.119. The highest BCUT2D eigenvalue weighted by atomic mass is 32.2. The molecule has 1 aromatic carbocycles. The second-order valence-corrected chi connectivity index (χ2v) is 5.87. The summed E-state index contributed by atoms with van der Waals surface area (Å²) in [4.78, 5) is 10.7. The van der Waals surface area contributed by atoms with E-state index in [1.54, 1.807) is 6.92 Å². The van der Waals surface area contributed by atoms with Gasteiger partial charge in [-0.05, 0) is 37.6 Å². The first-order valence-corrected chi connectivity index (χ1v) is 7.37. The second kappa shape index (κ2) is 6.53. The van der Waals surface area contributed by atoms with Crippen molar-refractivity contribution >= 4 is 15.9 Å². The van der Waals surface area contributed by atoms with Crippen LogP contribution in [0.3, 0.4) is 0 Å². The number of nitrogens with one attached hydrogen (secondary N) is 1. The first kappa shape index (κ1) is 15.5. The zero-order valence-electron chi connectivity index (χ0n) is 10.9. The van der Waals surface area contributed by atoms with E-state index in [0.29, 0.717) is 12.2 Å². The molecule has 1 rings (SSSR count). The number of sulfonamides is 1. The Labute approximate surface area is 113 Å². The molecule has 0 aliphatic heterocycles. The van der Waals surface area contributed by atoms with Crippen LogP contribution in [0.25, 0.3) is 0 Å². The molecule has 0 aliphatic carbocycles. The van der Waals surface area contributed by atoms with E-state index in [2.05, 4.69) is 4.72 Å². The molecule has 0 unspecified atom stereocenters. The second-order valence-electron chi connectivity index (χ2n) is 4.16. The van der Waals surface area contributed by atoms with Gasteiger partial charge in [0, 0.05) is 6.04 Å². The largest absolute Gasteiger partial charge is 0.484 e. The van der Waals surface area contributed by atoms with Gasteiger partial charge in [-0.3, -0.25) is 4.79 Å². The summed E-state index contributed by atoms with van der Waals surface area (Å²) in [6.45, 7) is 3.45. The van der Waals surface area contributed by atoms with Gasteiger partial charge in [-0.2, -0.15) is 0 Å². The van der Waals surface area contributed by atoms with E-state index in [-0.39, 0.29) is 17.5 Å². The Balaban J connectivity index is 2.77. The number of hydrogen-bond acceptors (Lipinski definition) is 4. The third-order valence-corrected chi connectivity index (χ3v) is 4.09. The van der Waals surface area contributed by atoms with Crippen molar-refractivity contribution in [2.75, 3.05) is 6.61 Å². The van der Waals surface area contributed by atoms with Gasteiger partial charge in [0.15, 0.2) is 6.61 Å². The van der Waals surface area contributed by atoms with Crippen LogP contribution in [0, 0.1) is 0 Å². The van der Waals surface area contributed by atoms with Crippen molar-refractivity contribution in [2.45, 2.75) is 31.2 Å². The van der Waals surface area contributed by atoms with Crippen LogP contribution in [0.15, 0.2) is 29.2 Å². The molecule has 0 fully saturated rings. The standard InChI is InChI=1S/C12H18N2O4S/c1-3-9(2)14-19(16,17)11-6-4-10(5-7-11)18-8-12(13)15/h4-7,9,14H,3,8H2,1-2H3,(H2,13,15)/t9-/m1/s1. The zero-order valence-corrected chi connectivity index (χ0v) is 11.7. The molecule has 106 valence electrons. The van der Waals surface area contributed by atoms with Crippen molar-refractivity contribution in [3.8, 4) is 5.75 Å². The summed E-state index contributed by atoms with van der Waals surface area (Å²) < 4.78 is 31.5. The Kier molecular flexibility index (Phi) is 5.31. The van der Waals surface area contributed by atoms with Crippen LogP contribution in [0.5, 0.6) is 5.75 Å². The minimum atomic E-state index is -3.52. The van der Waals surface area contributed by atoms with Gasteiger partial charge in [0.05, 0.1) is 4.90 Å². The number of benzene rings is 1. The number of carbonyl (C=O) groups is 1. The van der Waals surface area contributed by atoms with Crippen molar-refractivity contribution in [1.29, 1.82) is 0 Å². The fourth-order valence-electron chi connectivity index (χ4n) is 1.29. The van der Waals surface area contributed by atoms with Gasteiger partial charge in [0.25, 0.3) is 5.91 Å². The van der Waals surface area contributed by atoms with Crippen molar-refractivity contribution in [1.82, 2.24) is 4.72 Å². The normalized spacial score (nSPS) is 12.9. The highest BCUT2D eigenvalue weighted by Gasteiger charge is 2.16. The molecule has 0 aromatic heterocycles. The van der Waals surface area contributed by atoms with E-state index in [1.165, 1.54) is 24.3 Å². The number of amides is 1. The number of hydrogen-bond donors (Lipinski definition) is 2. The molecule has 0 saturated carbocycles. The van der Waals surface area contributed by atoms with Gasteiger partial charge in [0.2, 0.25) is 10.0 Å². The highest BCUT2D eigenvalue weighted by molar-refractivity contribution is 7.89. The molecule has 1 amide bonds. The van der Waals surface area contributed by atoms with Crippen molar-refractivity contribution in [3.05, 3.63) is 24.3 Å². The summed E-state index contributed by atoms with van der Waals surface area (Å²) in [5.41, 5.74) is 4.94. The fourth-order valence-corrected chi connectivity index (χ4v) is 2.61. The first-order valence-electron chi connectivity index (χ1n) is 5.88. The van der Waals surface area contributed by atoms with E-state index >= 15 is 0 Å². The van der Waals surface area contributed by atoms with Gasteiger partial charge in [-0.15, -0.1) is 0 Å². The van der Waals surface area contributed by atoms with Crippen molar-refractivity contribution < 1.29 is 17.9 Å². The first-order chi connectivity index (χ1) is 8.85. The molecule has 0 heterocycles. The summed E-state index contributed by atoms with van der Waals surface area (Å²) in [5.74, 6) is -0.198. The van der Waals surface area contributed by atoms with Crippen LogP contribution in [-0.4, -0.2) is 27.0 Å². The Bertz CT molecular complexity index is 525. The maximum atomic E-state index is 12.0. The fraction of sp³-hybridized carbons (Fsp3) is 0.417. The molecular formula is C12H18N2O4S. The molecule has 19 heavy (non-hydrogen) atoms. The smallest absolute Gasteiger partial charge is 0.255 e. The molecule has 0 bridgehead atoms. The molecule has 6 nitrogen and oxygen atoms in total. The van der Waals surface area contributed by atoms with Crippen LogP contribution in [0.1, 0.15) is 20.3 Å². The molecule has 0 radical (unpaired) electrons. The summed E-state index contributed by atoms with van der Waals surface area (Å²) in [6, 6.07) is 5.67. The summed E-state index contributed by atoms with van der Waals surface area (Å²) in [7, 11) is -3.52. The van der Waals surface area contributed by atoms with Gasteiger partial charge in [-0.1, -0.05) is 6.92 Å². The van der Waals surface area contributed by atoms with E-state index in [0.717, 1.165) is 0 Å². The summed E-state index contributed by atoms with van der Waals surface area (Å²) in [5, 5.41) is 0. The lowest BCUT2D eigenvalue weighted by Crippen LogP contribution is -2.31. The molecule has 0 saturated heterocycles. The lowest BCUT2D eigenvalue weighted by atomic mass is 10.3. The topological polar surface area (TPSA) is 98.5 Å². The Morgan fingerprint density at radius 2 is 1.95 bits per heavy atom. The molecule has 1 atom stereocenters. The van der Waals surface area contributed by atoms with Crippen LogP contribution in [-0.2, 0) is 14.8 Å². The third kappa shape index (κ3) is 4.88. The number of primary amides is 1. The molecule has 0 aliphatic rings. The summed E-state index contributed by atoms with van der Waals surface area (Å²) >= 11 is 0. The third-order valence-electron chi connectivity index (χ3n) is 2.48. The Hall–Kier alpha value is -1.60. The lowest BCUT2D eigenvalue weighted by Gasteiger charge is -2.12. The molecular weight excluding hydrogens is 268 g/mol. The van der Waals surface area contributed by atoms with E-state index in [1.807, 2.05) is 6.92 Å². The van der Waals surface area contributed by atoms with Crippen LogP contribution < -0.4 is 15.2 Å². The van der Waals surface area contributed by atoms with Crippen molar-refractivity contribution in [3.63, 3.8) is 0 Å². The highest BCUT2D eigenvalue weighted by Crippen LogP contribution is 2.16. The molecule has 3 N–H and O–H groups in total. The van der Waals surface area contributed by atoms with Crippen molar-refractivity contribution in [2.24, 2.45) is 5.73 Å².